The van der Waals surface area contributed by atoms with Crippen LogP contribution in [0.15, 0.2) is 53.6 Å². The third-order valence-electron chi connectivity index (χ3n) is 4.45. The van der Waals surface area contributed by atoms with Crippen LogP contribution in [0.3, 0.4) is 0 Å². The minimum absolute atomic E-state index is 0.0761. The highest BCUT2D eigenvalue weighted by molar-refractivity contribution is 7.94. The lowest BCUT2D eigenvalue weighted by Gasteiger charge is -2.18. The zero-order chi connectivity index (χ0) is 18.5. The maximum Gasteiger partial charge on any atom is 0.258 e. The largest absolute Gasteiger partial charge is 0.442 e. The molecule has 3 aromatic rings. The van der Waals surface area contributed by atoms with E-state index >= 15 is 0 Å². The van der Waals surface area contributed by atoms with Crippen LogP contribution in [-0.2, 0) is 10.0 Å². The number of benzene rings is 2. The van der Waals surface area contributed by atoms with Gasteiger partial charge in [0.15, 0.2) is 0 Å². The molecular weight excluding hydrogens is 350 g/mol. The average Bonchev–Trinajstić information content (AvgIpc) is 2.88. The van der Waals surface area contributed by atoms with E-state index in [1.807, 2.05) is 13.8 Å². The molecule has 0 N–H and O–H groups in total. The average molecular weight is 366 g/mol. The first-order valence-electron chi connectivity index (χ1n) is 8.20. The van der Waals surface area contributed by atoms with Crippen molar-refractivity contribution in [2.75, 3.05) is 11.4 Å². The molecule has 0 fully saturated rings. The van der Waals surface area contributed by atoms with E-state index < -0.39 is 10.0 Å². The normalized spacial score (nSPS) is 13.5. The van der Waals surface area contributed by atoms with E-state index in [4.69, 9.17) is 0 Å². The highest BCUT2D eigenvalue weighted by Crippen LogP contribution is 2.41. The van der Waals surface area contributed by atoms with Crippen molar-refractivity contribution >= 4 is 38.2 Å². The Hall–Kier alpha value is -2.93. The molecule has 4 rings (SSSR count). The third kappa shape index (κ3) is 2.43. The molecule has 0 spiro atoms. The highest BCUT2D eigenvalue weighted by atomic mass is 32.2. The van der Waals surface area contributed by atoms with Gasteiger partial charge in [0.2, 0.25) is 10.0 Å². The second-order valence-corrected chi connectivity index (χ2v) is 7.69. The Bertz CT molecular complexity index is 1160. The first kappa shape index (κ1) is 16.5. The van der Waals surface area contributed by atoms with Crippen molar-refractivity contribution in [1.29, 1.82) is 0 Å². The fourth-order valence-electron chi connectivity index (χ4n) is 3.30. The number of aryl methyl sites for hydroxylation is 1. The second kappa shape index (κ2) is 5.81. The fraction of sp³-hybridized carbons (Fsp3) is 0.158. The molecular formula is C19H16N3O3S-. The molecule has 1 amide bonds. The van der Waals surface area contributed by atoms with E-state index in [0.717, 1.165) is 11.3 Å². The number of rotatable bonds is 4. The van der Waals surface area contributed by atoms with Crippen molar-refractivity contribution in [3.8, 4) is 0 Å². The van der Waals surface area contributed by atoms with E-state index in [1.54, 1.807) is 41.3 Å². The predicted molar refractivity (Wildman–Crippen MR) is 100 cm³/mol. The minimum atomic E-state index is -3.97. The minimum Gasteiger partial charge on any atom is -0.442 e. The van der Waals surface area contributed by atoms with Crippen molar-refractivity contribution in [2.24, 2.45) is 0 Å². The lowest BCUT2D eigenvalue weighted by molar-refractivity contribution is 0.0994. The highest BCUT2D eigenvalue weighted by Gasteiger charge is 2.30. The second-order valence-electron chi connectivity index (χ2n) is 6.12. The maximum absolute atomic E-state index is 12.9. The van der Waals surface area contributed by atoms with E-state index in [-0.39, 0.29) is 16.6 Å². The van der Waals surface area contributed by atoms with Gasteiger partial charge in [-0.05, 0) is 37.9 Å². The molecule has 6 nitrogen and oxygen atoms in total. The number of amides is 1. The van der Waals surface area contributed by atoms with Gasteiger partial charge in [-0.25, -0.2) is 8.42 Å². The fourth-order valence-corrected chi connectivity index (χ4v) is 4.43. The Labute approximate surface area is 151 Å². The van der Waals surface area contributed by atoms with E-state index in [9.17, 15) is 13.2 Å². The summed E-state index contributed by atoms with van der Waals surface area (Å²) in [5.41, 5.74) is 2.12. The number of pyridine rings is 1. The molecule has 0 bridgehead atoms. The molecule has 0 unspecified atom stereocenters. The molecule has 2 aromatic carbocycles. The SMILES string of the molecule is CCN1C(=O)c2cccc3c(S(=O)(=O)[N-]c4cc(C)ccn4)ccc1c23. The van der Waals surface area contributed by atoms with Gasteiger partial charge in [-0.1, -0.05) is 36.0 Å². The van der Waals surface area contributed by atoms with Gasteiger partial charge >= 0.3 is 0 Å². The standard InChI is InChI=1S/C19H16N3O3S/c1-3-22-15-7-8-16(13-5-4-6-14(18(13)15)19(22)23)26(24,25)21-17-11-12(2)9-10-20-17/h4-11H,3H2,1-2H3/q-1. The summed E-state index contributed by atoms with van der Waals surface area (Å²) < 4.78 is 29.7. The molecule has 26 heavy (non-hydrogen) atoms. The Morgan fingerprint density at radius 3 is 2.69 bits per heavy atom. The van der Waals surface area contributed by atoms with Crippen LogP contribution in [0, 0.1) is 6.92 Å². The van der Waals surface area contributed by atoms with Gasteiger partial charge in [0, 0.05) is 22.9 Å². The Morgan fingerprint density at radius 2 is 1.96 bits per heavy atom. The smallest absolute Gasteiger partial charge is 0.258 e. The van der Waals surface area contributed by atoms with Gasteiger partial charge in [-0.3, -0.25) is 4.79 Å². The summed E-state index contributed by atoms with van der Waals surface area (Å²) in [5.74, 6) is 0.0273. The van der Waals surface area contributed by atoms with Crippen LogP contribution >= 0.6 is 0 Å². The van der Waals surface area contributed by atoms with Crippen LogP contribution in [0.4, 0.5) is 11.5 Å². The first-order chi connectivity index (χ1) is 12.4. The molecule has 0 aliphatic carbocycles. The molecule has 7 heteroatoms. The van der Waals surface area contributed by atoms with E-state index in [0.29, 0.717) is 22.9 Å². The molecule has 0 radical (unpaired) electrons. The van der Waals surface area contributed by atoms with Crippen LogP contribution in [-0.4, -0.2) is 25.9 Å². The van der Waals surface area contributed by atoms with Crippen LogP contribution in [0.25, 0.3) is 15.5 Å². The summed E-state index contributed by atoms with van der Waals surface area (Å²) in [5, 5.41) is 1.16. The monoisotopic (exact) mass is 366 g/mol. The van der Waals surface area contributed by atoms with Crippen molar-refractivity contribution in [3.05, 3.63) is 64.5 Å². The van der Waals surface area contributed by atoms with Gasteiger partial charge in [0.05, 0.1) is 10.6 Å². The zero-order valence-corrected chi connectivity index (χ0v) is 15.1. The molecule has 0 atom stereocenters. The van der Waals surface area contributed by atoms with Crippen LogP contribution in [0.5, 0.6) is 0 Å². The summed E-state index contributed by atoms with van der Waals surface area (Å²) >= 11 is 0. The Kier molecular flexibility index (Phi) is 3.69. The molecule has 0 saturated carbocycles. The number of nitrogens with zero attached hydrogens (tertiary/aromatic N) is 3. The number of hydrogen-bond acceptors (Lipinski definition) is 4. The summed E-state index contributed by atoms with van der Waals surface area (Å²) in [6.07, 6.45) is 1.52. The van der Waals surface area contributed by atoms with Gasteiger partial charge < -0.3 is 14.6 Å². The predicted octanol–water partition coefficient (Wildman–Crippen LogP) is 3.92. The summed E-state index contributed by atoms with van der Waals surface area (Å²) in [6.45, 7) is 4.25. The lowest BCUT2D eigenvalue weighted by Crippen LogP contribution is -2.25. The summed E-state index contributed by atoms with van der Waals surface area (Å²) in [4.78, 5) is 18.3. The number of carbonyl (C=O) groups is 1. The molecule has 1 aromatic heterocycles. The maximum atomic E-state index is 12.9. The van der Waals surface area contributed by atoms with Gasteiger partial charge in [0.1, 0.15) is 0 Å². The zero-order valence-electron chi connectivity index (χ0n) is 14.3. The Morgan fingerprint density at radius 1 is 1.15 bits per heavy atom. The first-order valence-corrected chi connectivity index (χ1v) is 9.64. The Balaban J connectivity index is 1.89. The quantitative estimate of drug-likeness (QED) is 0.701. The van der Waals surface area contributed by atoms with Crippen LogP contribution in [0.2, 0.25) is 0 Å². The number of anilines is 1. The molecule has 2 heterocycles. The number of sulfonamides is 1. The number of aromatic nitrogens is 1. The van der Waals surface area contributed by atoms with E-state index in [1.165, 1.54) is 12.3 Å². The van der Waals surface area contributed by atoms with Gasteiger partial charge in [-0.2, -0.15) is 0 Å². The topological polar surface area (TPSA) is 81.4 Å². The number of hydrogen-bond donors (Lipinski definition) is 0. The van der Waals surface area contributed by atoms with Crippen LogP contribution < -0.4 is 4.90 Å². The number of carbonyl (C=O) groups excluding carboxylic acids is 1. The van der Waals surface area contributed by atoms with Gasteiger partial charge in [0.25, 0.3) is 5.91 Å². The summed E-state index contributed by atoms with van der Waals surface area (Å²) in [6, 6.07) is 11.7. The van der Waals surface area contributed by atoms with E-state index in [2.05, 4.69) is 9.71 Å². The van der Waals surface area contributed by atoms with Crippen molar-refractivity contribution in [3.63, 3.8) is 0 Å². The third-order valence-corrected chi connectivity index (χ3v) is 5.79. The van der Waals surface area contributed by atoms with Crippen molar-refractivity contribution in [1.82, 2.24) is 4.98 Å². The van der Waals surface area contributed by atoms with Crippen molar-refractivity contribution < 1.29 is 13.2 Å². The summed E-state index contributed by atoms with van der Waals surface area (Å²) in [7, 11) is -3.97. The van der Waals surface area contributed by atoms with Crippen LogP contribution in [0.1, 0.15) is 22.8 Å². The molecule has 0 saturated heterocycles. The molecule has 1 aliphatic heterocycles. The molecule has 1 aliphatic rings. The van der Waals surface area contributed by atoms with Gasteiger partial charge in [-0.15, -0.1) is 0 Å². The molecule has 132 valence electrons. The van der Waals surface area contributed by atoms with Crippen molar-refractivity contribution in [2.45, 2.75) is 18.7 Å². The lowest BCUT2D eigenvalue weighted by atomic mass is 10.1.